The molecular weight excluding hydrogens is 585 g/mol. The molecule has 0 amide bonds. The summed E-state index contributed by atoms with van der Waals surface area (Å²) in [6, 6.07) is 17.3. The maximum atomic E-state index is 15.6. The molecule has 0 unspecified atom stereocenters. The first-order valence-corrected chi connectivity index (χ1v) is 14.4. The van der Waals surface area contributed by atoms with E-state index in [1.54, 1.807) is 18.2 Å². The molecule has 0 radical (unpaired) electrons. The number of carbonyl (C=O) groups is 1. The van der Waals surface area contributed by atoms with Crippen LogP contribution in [0.15, 0.2) is 66.7 Å². The van der Waals surface area contributed by atoms with Gasteiger partial charge in [-0.05, 0) is 73.4 Å². The summed E-state index contributed by atoms with van der Waals surface area (Å²) in [5.74, 6) is -2.45. The van der Waals surface area contributed by atoms with E-state index in [0.717, 1.165) is 37.5 Å². The number of fused-ring (bicyclic) bond motifs is 3. The predicted octanol–water partition coefficient (Wildman–Crippen LogP) is 6.75. The van der Waals surface area contributed by atoms with Crippen molar-refractivity contribution < 1.29 is 32.5 Å². The highest BCUT2D eigenvalue weighted by molar-refractivity contribution is 5.92. The highest BCUT2D eigenvalue weighted by atomic mass is 19.1. The van der Waals surface area contributed by atoms with Gasteiger partial charge in [-0.1, -0.05) is 12.1 Å². The number of rotatable bonds is 8. The van der Waals surface area contributed by atoms with Crippen molar-refractivity contribution in [2.45, 2.75) is 50.5 Å². The summed E-state index contributed by atoms with van der Waals surface area (Å²) in [6.45, 7) is -0.174. The van der Waals surface area contributed by atoms with Gasteiger partial charge in [0, 0.05) is 23.6 Å². The molecule has 7 rings (SSSR count). The van der Waals surface area contributed by atoms with E-state index in [-0.39, 0.29) is 70.7 Å². The van der Waals surface area contributed by atoms with Gasteiger partial charge >= 0.3 is 5.97 Å². The Morgan fingerprint density at radius 1 is 1.00 bits per heavy atom. The van der Waals surface area contributed by atoms with E-state index >= 15 is 8.78 Å². The molecule has 2 aliphatic heterocycles. The molecule has 8 nitrogen and oxygen atoms in total. The maximum absolute atomic E-state index is 15.6. The largest absolute Gasteiger partial charge is 0.478 e. The fraction of sp³-hybridized carbons (Fsp3) is 0.235. The first-order valence-electron chi connectivity index (χ1n) is 14.4. The minimum atomic E-state index is -1.07. The van der Waals surface area contributed by atoms with Crippen LogP contribution in [0, 0.1) is 28.8 Å². The van der Waals surface area contributed by atoms with Crippen LogP contribution in [0.4, 0.5) is 13.2 Å². The number of hydrogen-bond acceptors (Lipinski definition) is 6. The summed E-state index contributed by atoms with van der Waals surface area (Å²) < 4.78 is 59.1. The zero-order valence-electron chi connectivity index (χ0n) is 23.7. The van der Waals surface area contributed by atoms with Gasteiger partial charge in [0.15, 0.2) is 0 Å². The number of pyridine rings is 1. The lowest BCUT2D eigenvalue weighted by molar-refractivity contribution is 0.0697. The molecule has 2 aliphatic rings. The van der Waals surface area contributed by atoms with Crippen LogP contribution >= 0.6 is 0 Å². The van der Waals surface area contributed by atoms with E-state index in [0.29, 0.717) is 16.9 Å². The predicted molar refractivity (Wildman–Crippen MR) is 156 cm³/mol. The van der Waals surface area contributed by atoms with E-state index in [2.05, 4.69) is 4.98 Å². The van der Waals surface area contributed by atoms with Crippen molar-refractivity contribution in [2.75, 3.05) is 0 Å². The van der Waals surface area contributed by atoms with Crippen LogP contribution in [-0.2, 0) is 17.8 Å². The van der Waals surface area contributed by atoms with Crippen LogP contribution in [0.2, 0.25) is 0 Å². The number of imidazole rings is 1. The Kier molecular flexibility index (Phi) is 7.22. The zero-order chi connectivity index (χ0) is 31.2. The molecule has 2 bridgehead atoms. The van der Waals surface area contributed by atoms with Crippen LogP contribution in [0.5, 0.6) is 5.88 Å². The Bertz CT molecular complexity index is 2020. The Morgan fingerprint density at radius 3 is 2.58 bits per heavy atom. The topological polar surface area (TPSA) is 110 Å². The monoisotopic (exact) mass is 610 g/mol. The molecule has 226 valence electrons. The molecule has 2 aromatic heterocycles. The second-order valence-electron chi connectivity index (χ2n) is 11.3. The van der Waals surface area contributed by atoms with Gasteiger partial charge in [0.2, 0.25) is 5.88 Å². The highest BCUT2D eigenvalue weighted by Gasteiger charge is 2.43. The molecule has 3 atom stereocenters. The van der Waals surface area contributed by atoms with Gasteiger partial charge in [-0.3, -0.25) is 0 Å². The van der Waals surface area contributed by atoms with Crippen molar-refractivity contribution in [1.29, 1.82) is 5.26 Å². The molecule has 2 saturated heterocycles. The minimum Gasteiger partial charge on any atom is -0.478 e. The van der Waals surface area contributed by atoms with E-state index in [1.807, 2.05) is 10.6 Å². The minimum absolute atomic E-state index is 0.0270. The van der Waals surface area contributed by atoms with Crippen LogP contribution in [0.25, 0.3) is 22.3 Å². The summed E-state index contributed by atoms with van der Waals surface area (Å²) in [7, 11) is 0. The van der Waals surface area contributed by atoms with Crippen molar-refractivity contribution in [1.82, 2.24) is 14.5 Å². The number of hydrogen-bond donors (Lipinski definition) is 1. The number of benzene rings is 3. The number of carboxylic acids is 1. The van der Waals surface area contributed by atoms with Gasteiger partial charge in [0.25, 0.3) is 0 Å². The van der Waals surface area contributed by atoms with E-state index in [9.17, 15) is 14.3 Å². The van der Waals surface area contributed by atoms with Crippen molar-refractivity contribution >= 4 is 17.0 Å². The second-order valence-corrected chi connectivity index (χ2v) is 11.3. The second kappa shape index (κ2) is 11.4. The fourth-order valence-electron chi connectivity index (χ4n) is 6.27. The average Bonchev–Trinajstić information content (AvgIpc) is 3.76. The first kappa shape index (κ1) is 28.6. The molecule has 0 aliphatic carbocycles. The zero-order valence-corrected chi connectivity index (χ0v) is 23.7. The molecule has 2 fully saturated rings. The lowest BCUT2D eigenvalue weighted by Gasteiger charge is -2.23. The molecule has 0 spiro atoms. The van der Waals surface area contributed by atoms with Gasteiger partial charge in [0.1, 0.15) is 29.9 Å². The third kappa shape index (κ3) is 5.38. The van der Waals surface area contributed by atoms with Crippen molar-refractivity contribution in [3.8, 4) is 23.2 Å². The summed E-state index contributed by atoms with van der Waals surface area (Å²) in [4.78, 5) is 20.7. The van der Waals surface area contributed by atoms with Gasteiger partial charge < -0.3 is 19.1 Å². The van der Waals surface area contributed by atoms with E-state index in [4.69, 9.17) is 19.7 Å². The summed E-state index contributed by atoms with van der Waals surface area (Å²) in [5.41, 5.74) is 1.82. The Morgan fingerprint density at radius 2 is 1.84 bits per heavy atom. The number of ether oxygens (including phenoxy) is 2. The number of carboxylic acid groups (broad SMARTS) is 1. The molecule has 3 aromatic carbocycles. The number of aromatic carboxylic acids is 1. The molecule has 5 aromatic rings. The van der Waals surface area contributed by atoms with Crippen molar-refractivity contribution in [3.05, 3.63) is 112 Å². The Hall–Kier alpha value is -5.21. The summed E-state index contributed by atoms with van der Waals surface area (Å²) in [6.07, 6.45) is 2.58. The third-order valence-corrected chi connectivity index (χ3v) is 8.46. The van der Waals surface area contributed by atoms with E-state index < -0.39 is 23.4 Å². The summed E-state index contributed by atoms with van der Waals surface area (Å²) >= 11 is 0. The van der Waals surface area contributed by atoms with Gasteiger partial charge in [-0.15, -0.1) is 0 Å². The highest BCUT2D eigenvalue weighted by Crippen LogP contribution is 2.44. The molecule has 0 saturated carbocycles. The lowest BCUT2D eigenvalue weighted by atomic mass is 9.94. The molecule has 11 heteroatoms. The lowest BCUT2D eigenvalue weighted by Crippen LogP contribution is -2.23. The van der Waals surface area contributed by atoms with Crippen LogP contribution in [-0.4, -0.2) is 37.8 Å². The Balaban J connectivity index is 1.17. The van der Waals surface area contributed by atoms with Crippen LogP contribution < -0.4 is 4.74 Å². The molecule has 1 N–H and O–H groups in total. The third-order valence-electron chi connectivity index (χ3n) is 8.46. The van der Waals surface area contributed by atoms with Gasteiger partial charge in [0.05, 0.1) is 52.2 Å². The SMILES string of the molecule is N#Cc1ccc(COc2cccc(-c3cc(F)c(Cc4nc5ccc(C(=O)O)cc5n4[C@@H]4C[C@@H]5CC[C@H]4O5)cc3F)n2)c(F)c1. The quantitative estimate of drug-likeness (QED) is 0.207. The Labute approximate surface area is 255 Å². The standard InChI is InChI=1S/C34H25F3N4O4/c35-24-10-18(16-38)4-5-20(24)17-44-33-3-1-2-27(40-33)23-15-25(36)21(11-26(23)37)13-32-39-28-8-6-19(34(42)43)12-29(28)41(32)30-14-22-7-9-31(30)45-22/h1-6,8,10-12,15,22,30-31H,7,9,13-14,17H2,(H,42,43)/t22-,30+,31+/m0/s1. The number of nitrogens with zero attached hydrogens (tertiary/aromatic N) is 4. The van der Waals surface area contributed by atoms with Crippen LogP contribution in [0.1, 0.15) is 58.2 Å². The average molecular weight is 611 g/mol. The molecule has 45 heavy (non-hydrogen) atoms. The number of nitriles is 1. The maximum Gasteiger partial charge on any atom is 0.335 e. The first-order chi connectivity index (χ1) is 21.8. The van der Waals surface area contributed by atoms with Crippen molar-refractivity contribution in [3.63, 3.8) is 0 Å². The summed E-state index contributed by atoms with van der Waals surface area (Å²) in [5, 5.41) is 18.5. The normalized spacial score (nSPS) is 18.8. The number of aromatic nitrogens is 3. The van der Waals surface area contributed by atoms with Gasteiger partial charge in [-0.2, -0.15) is 5.26 Å². The van der Waals surface area contributed by atoms with Crippen LogP contribution in [0.3, 0.4) is 0 Å². The smallest absolute Gasteiger partial charge is 0.335 e. The fourth-order valence-corrected chi connectivity index (χ4v) is 6.27. The van der Waals surface area contributed by atoms with Gasteiger partial charge in [-0.25, -0.2) is 27.9 Å². The van der Waals surface area contributed by atoms with Crippen molar-refractivity contribution in [2.24, 2.45) is 0 Å². The molecular formula is C34H25F3N4O4. The van der Waals surface area contributed by atoms with E-state index in [1.165, 1.54) is 30.3 Å². The molecule has 4 heterocycles. The number of halogens is 3.